The zero-order chi connectivity index (χ0) is 21.5. The molecule has 0 saturated heterocycles. The molecule has 0 unspecified atom stereocenters. The summed E-state index contributed by atoms with van der Waals surface area (Å²) in [5, 5.41) is 0. The first-order chi connectivity index (χ1) is 14.6. The zero-order valence-electron chi connectivity index (χ0n) is 20.0. The number of unbranched alkanes of at least 4 members (excludes halogenated alkanes) is 11. The lowest BCUT2D eigenvalue weighted by Gasteiger charge is -2.23. The van der Waals surface area contributed by atoms with Gasteiger partial charge in [-0.1, -0.05) is 88.6 Å². The van der Waals surface area contributed by atoms with Crippen molar-refractivity contribution in [3.8, 4) is 0 Å². The van der Waals surface area contributed by atoms with Gasteiger partial charge in [0.25, 0.3) is 0 Å². The Morgan fingerprint density at radius 1 is 0.800 bits per heavy atom. The first kappa shape index (κ1) is 24.7. The van der Waals surface area contributed by atoms with Gasteiger partial charge < -0.3 is 4.90 Å². The lowest BCUT2D eigenvalue weighted by atomic mass is 10.1. The Balaban J connectivity index is 1.50. The summed E-state index contributed by atoms with van der Waals surface area (Å²) in [5.41, 5.74) is 1.32. The van der Waals surface area contributed by atoms with E-state index in [0.717, 1.165) is 13.0 Å². The molecule has 0 N–H and O–H groups in total. The standard InChI is InChI=1S/C28H46N2/c1-4-5-6-7-8-9-10-11-12-13-14-15-16-17-21-24-27-29-28(2,3)25-30(27)26-22-19-18-20-23-26/h11-12,18-20,22-23H,4-10,13-17,21,24-25H2,1-3H3/b12-11+. The van der Waals surface area contributed by atoms with Crippen LogP contribution in [0, 0.1) is 0 Å². The first-order valence-electron chi connectivity index (χ1n) is 12.7. The minimum atomic E-state index is 0.0347. The van der Waals surface area contributed by atoms with Crippen LogP contribution in [-0.2, 0) is 0 Å². The molecule has 0 aromatic heterocycles. The third-order valence-corrected chi connectivity index (χ3v) is 6.02. The van der Waals surface area contributed by atoms with Gasteiger partial charge in [0, 0.05) is 18.7 Å². The van der Waals surface area contributed by atoms with Gasteiger partial charge in [-0.15, -0.1) is 0 Å². The number of amidine groups is 1. The number of aliphatic imine (C=N–C) groups is 1. The largest absolute Gasteiger partial charge is 0.328 e. The molecular formula is C28H46N2. The summed E-state index contributed by atoms with van der Waals surface area (Å²) >= 11 is 0. The second-order valence-electron chi connectivity index (χ2n) is 9.60. The third kappa shape index (κ3) is 9.96. The maximum atomic E-state index is 5.02. The van der Waals surface area contributed by atoms with Gasteiger partial charge in [-0.25, -0.2) is 0 Å². The lowest BCUT2D eigenvalue weighted by molar-refractivity contribution is 0.564. The van der Waals surface area contributed by atoms with Crippen LogP contribution in [0.25, 0.3) is 0 Å². The van der Waals surface area contributed by atoms with E-state index in [4.69, 9.17) is 4.99 Å². The van der Waals surface area contributed by atoms with Gasteiger partial charge >= 0.3 is 0 Å². The predicted octanol–water partition coefficient (Wildman–Crippen LogP) is 8.72. The summed E-state index contributed by atoms with van der Waals surface area (Å²) in [5.74, 6) is 1.28. The molecular weight excluding hydrogens is 364 g/mol. The number of anilines is 1. The highest BCUT2D eigenvalue weighted by atomic mass is 15.3. The van der Waals surface area contributed by atoms with E-state index >= 15 is 0 Å². The molecule has 0 spiro atoms. The quantitative estimate of drug-likeness (QED) is 0.196. The molecule has 0 bridgehead atoms. The zero-order valence-corrected chi connectivity index (χ0v) is 20.0. The van der Waals surface area contributed by atoms with E-state index in [0.29, 0.717) is 0 Å². The van der Waals surface area contributed by atoms with Gasteiger partial charge in [0.05, 0.1) is 5.54 Å². The van der Waals surface area contributed by atoms with Gasteiger partial charge in [-0.05, 0) is 58.1 Å². The van der Waals surface area contributed by atoms with Crippen molar-refractivity contribution >= 4 is 11.5 Å². The number of hydrogen-bond donors (Lipinski definition) is 0. The number of nitrogens with zero attached hydrogens (tertiary/aromatic N) is 2. The molecule has 2 nitrogen and oxygen atoms in total. The molecule has 0 amide bonds. The number of rotatable bonds is 16. The molecule has 2 rings (SSSR count). The molecule has 1 aromatic rings. The molecule has 30 heavy (non-hydrogen) atoms. The summed E-state index contributed by atoms with van der Waals surface area (Å²) in [7, 11) is 0. The Labute approximate surface area is 186 Å². The molecule has 1 heterocycles. The maximum absolute atomic E-state index is 5.02. The van der Waals surface area contributed by atoms with Crippen LogP contribution in [0.5, 0.6) is 0 Å². The van der Waals surface area contributed by atoms with Crippen molar-refractivity contribution in [1.29, 1.82) is 0 Å². The maximum Gasteiger partial charge on any atom is 0.104 e. The van der Waals surface area contributed by atoms with Crippen LogP contribution in [0.4, 0.5) is 5.69 Å². The van der Waals surface area contributed by atoms with Crippen LogP contribution in [0.15, 0.2) is 47.5 Å². The summed E-state index contributed by atoms with van der Waals surface area (Å²) in [6.45, 7) is 7.77. The van der Waals surface area contributed by atoms with E-state index in [1.807, 2.05) is 0 Å². The van der Waals surface area contributed by atoms with Crippen LogP contribution < -0.4 is 4.90 Å². The van der Waals surface area contributed by atoms with Gasteiger partial charge in [-0.3, -0.25) is 4.99 Å². The summed E-state index contributed by atoms with van der Waals surface area (Å²) < 4.78 is 0. The third-order valence-electron chi connectivity index (χ3n) is 6.02. The van der Waals surface area contributed by atoms with E-state index in [9.17, 15) is 0 Å². The molecule has 2 heteroatoms. The van der Waals surface area contributed by atoms with Crippen molar-refractivity contribution in [3.63, 3.8) is 0 Å². The molecule has 1 aromatic carbocycles. The van der Waals surface area contributed by atoms with E-state index in [2.05, 4.69) is 68.2 Å². The van der Waals surface area contributed by atoms with Crippen molar-refractivity contribution in [3.05, 3.63) is 42.5 Å². The minimum absolute atomic E-state index is 0.0347. The van der Waals surface area contributed by atoms with Gasteiger partial charge in [0.15, 0.2) is 0 Å². The number of benzene rings is 1. The van der Waals surface area contributed by atoms with E-state index in [1.54, 1.807) is 0 Å². The van der Waals surface area contributed by atoms with Crippen LogP contribution in [-0.4, -0.2) is 17.9 Å². The fourth-order valence-electron chi connectivity index (χ4n) is 4.32. The first-order valence-corrected chi connectivity index (χ1v) is 12.7. The van der Waals surface area contributed by atoms with Crippen molar-refractivity contribution in [1.82, 2.24) is 0 Å². The van der Waals surface area contributed by atoms with Gasteiger partial charge in [0.1, 0.15) is 5.84 Å². The normalized spacial score (nSPS) is 15.8. The molecule has 0 fully saturated rings. The van der Waals surface area contributed by atoms with Crippen molar-refractivity contribution in [2.24, 2.45) is 4.99 Å². The molecule has 0 radical (unpaired) electrons. The van der Waals surface area contributed by atoms with Crippen LogP contribution >= 0.6 is 0 Å². The molecule has 0 atom stereocenters. The van der Waals surface area contributed by atoms with Crippen LogP contribution in [0.2, 0.25) is 0 Å². The Hall–Kier alpha value is -1.57. The van der Waals surface area contributed by atoms with E-state index in [-0.39, 0.29) is 5.54 Å². The lowest BCUT2D eigenvalue weighted by Crippen LogP contribution is -2.32. The Kier molecular flexibility index (Phi) is 11.9. The summed E-state index contributed by atoms with van der Waals surface area (Å²) in [6.07, 6.45) is 23.5. The minimum Gasteiger partial charge on any atom is -0.328 e. The van der Waals surface area contributed by atoms with Crippen LogP contribution in [0.1, 0.15) is 111 Å². The number of allylic oxidation sites excluding steroid dienone is 2. The highest BCUT2D eigenvalue weighted by Gasteiger charge is 2.31. The summed E-state index contributed by atoms with van der Waals surface area (Å²) in [6, 6.07) is 10.7. The number of para-hydroxylation sites is 1. The molecule has 0 saturated carbocycles. The average molecular weight is 411 g/mol. The summed E-state index contributed by atoms with van der Waals surface area (Å²) in [4.78, 5) is 7.44. The average Bonchev–Trinajstić information content (AvgIpc) is 3.06. The molecule has 1 aliphatic heterocycles. The highest BCUT2D eigenvalue weighted by Crippen LogP contribution is 2.28. The fourth-order valence-corrected chi connectivity index (χ4v) is 4.32. The Morgan fingerprint density at radius 3 is 2.00 bits per heavy atom. The second-order valence-corrected chi connectivity index (χ2v) is 9.60. The predicted molar refractivity (Wildman–Crippen MR) is 135 cm³/mol. The van der Waals surface area contributed by atoms with Crippen molar-refractivity contribution in [2.45, 2.75) is 116 Å². The van der Waals surface area contributed by atoms with E-state index < -0.39 is 0 Å². The van der Waals surface area contributed by atoms with Gasteiger partial charge in [-0.2, -0.15) is 0 Å². The Bertz CT molecular complexity index is 615. The molecule has 168 valence electrons. The number of hydrogen-bond acceptors (Lipinski definition) is 2. The SMILES string of the molecule is CCCCCCCC/C=C/CCCCCCCC1=NC(C)(C)CN1c1ccccc1. The van der Waals surface area contributed by atoms with E-state index in [1.165, 1.54) is 95.0 Å². The monoisotopic (exact) mass is 410 g/mol. The Morgan fingerprint density at radius 2 is 1.37 bits per heavy atom. The van der Waals surface area contributed by atoms with Gasteiger partial charge in [0.2, 0.25) is 0 Å². The smallest absolute Gasteiger partial charge is 0.104 e. The van der Waals surface area contributed by atoms with Crippen LogP contribution in [0.3, 0.4) is 0 Å². The topological polar surface area (TPSA) is 15.6 Å². The molecule has 1 aliphatic rings. The second kappa shape index (κ2) is 14.4. The van der Waals surface area contributed by atoms with Crippen molar-refractivity contribution < 1.29 is 0 Å². The fraction of sp³-hybridized carbons (Fsp3) is 0.679. The molecule has 0 aliphatic carbocycles. The van der Waals surface area contributed by atoms with Crippen molar-refractivity contribution in [2.75, 3.05) is 11.4 Å². The highest BCUT2D eigenvalue weighted by molar-refractivity contribution is 6.00.